The van der Waals surface area contributed by atoms with E-state index in [-0.39, 0.29) is 6.04 Å². The second-order valence-electron chi connectivity index (χ2n) is 3.75. The Morgan fingerprint density at radius 2 is 2.00 bits per heavy atom. The molecule has 2 nitrogen and oxygen atoms in total. The molecule has 1 aliphatic carbocycles. The lowest BCUT2D eigenvalue weighted by Crippen LogP contribution is -2.37. The van der Waals surface area contributed by atoms with Crippen molar-refractivity contribution in [3.05, 3.63) is 22.9 Å². The number of hydrogen-bond acceptors (Lipinski definition) is 2. The largest absolute Gasteiger partial charge is 0.402 e. The SMILES string of the molecule is CCC1=CC(C)=C(N)C(CC)C1N. The molecule has 1 rings (SSSR count). The van der Waals surface area contributed by atoms with Crippen LogP contribution in [0.4, 0.5) is 0 Å². The van der Waals surface area contributed by atoms with Crippen LogP contribution in [0.15, 0.2) is 22.9 Å². The summed E-state index contributed by atoms with van der Waals surface area (Å²) in [6.45, 7) is 6.36. The quantitative estimate of drug-likeness (QED) is 0.682. The number of nitrogens with two attached hydrogens (primary N) is 2. The predicted octanol–water partition coefficient (Wildman–Crippen LogP) is 1.92. The summed E-state index contributed by atoms with van der Waals surface area (Å²) in [6.07, 6.45) is 4.20. The third-order valence-corrected chi connectivity index (χ3v) is 2.97. The van der Waals surface area contributed by atoms with Crippen LogP contribution in [0.2, 0.25) is 0 Å². The van der Waals surface area contributed by atoms with Crippen LogP contribution in [0, 0.1) is 5.92 Å². The standard InChI is InChI=1S/C11H20N2/c1-4-8-6-7(3)10(12)9(5-2)11(8)13/h6,9,11H,4-5,12-13H2,1-3H3. The van der Waals surface area contributed by atoms with Gasteiger partial charge in [0.15, 0.2) is 0 Å². The highest BCUT2D eigenvalue weighted by molar-refractivity contribution is 5.36. The van der Waals surface area contributed by atoms with Gasteiger partial charge in [0.1, 0.15) is 0 Å². The Balaban J connectivity index is 3.00. The zero-order chi connectivity index (χ0) is 10.0. The van der Waals surface area contributed by atoms with Gasteiger partial charge < -0.3 is 11.5 Å². The molecule has 0 aromatic carbocycles. The first-order valence-corrected chi connectivity index (χ1v) is 5.04. The minimum absolute atomic E-state index is 0.138. The molecule has 2 atom stereocenters. The number of allylic oxidation sites excluding steroid dienone is 2. The third-order valence-electron chi connectivity index (χ3n) is 2.97. The van der Waals surface area contributed by atoms with Gasteiger partial charge in [-0.2, -0.15) is 0 Å². The zero-order valence-electron chi connectivity index (χ0n) is 8.80. The van der Waals surface area contributed by atoms with Crippen LogP contribution in [-0.2, 0) is 0 Å². The van der Waals surface area contributed by atoms with Crippen LogP contribution in [0.5, 0.6) is 0 Å². The van der Waals surface area contributed by atoms with Gasteiger partial charge in [-0.15, -0.1) is 0 Å². The molecule has 0 radical (unpaired) electrons. The van der Waals surface area contributed by atoms with Gasteiger partial charge in [0, 0.05) is 17.7 Å². The highest BCUT2D eigenvalue weighted by atomic mass is 14.7. The molecule has 0 saturated carbocycles. The van der Waals surface area contributed by atoms with E-state index >= 15 is 0 Å². The maximum absolute atomic E-state index is 6.11. The van der Waals surface area contributed by atoms with Gasteiger partial charge in [-0.25, -0.2) is 0 Å². The molecule has 0 saturated heterocycles. The molecule has 2 unspecified atom stereocenters. The van der Waals surface area contributed by atoms with E-state index < -0.39 is 0 Å². The molecule has 0 aromatic rings. The lowest BCUT2D eigenvalue weighted by molar-refractivity contribution is 0.487. The maximum atomic E-state index is 6.11. The molecular formula is C11H20N2. The second kappa shape index (κ2) is 3.97. The molecule has 0 bridgehead atoms. The lowest BCUT2D eigenvalue weighted by atomic mass is 9.81. The monoisotopic (exact) mass is 180 g/mol. The highest BCUT2D eigenvalue weighted by Gasteiger charge is 2.25. The molecule has 0 heterocycles. The summed E-state index contributed by atoms with van der Waals surface area (Å²) in [4.78, 5) is 0. The van der Waals surface area contributed by atoms with E-state index in [1.165, 1.54) is 11.1 Å². The van der Waals surface area contributed by atoms with Gasteiger partial charge in [0.25, 0.3) is 0 Å². The summed E-state index contributed by atoms with van der Waals surface area (Å²) < 4.78 is 0. The van der Waals surface area contributed by atoms with Crippen LogP contribution in [0.3, 0.4) is 0 Å². The fourth-order valence-electron chi connectivity index (χ4n) is 2.01. The van der Waals surface area contributed by atoms with Crippen LogP contribution >= 0.6 is 0 Å². The summed E-state index contributed by atoms with van der Waals surface area (Å²) in [5.74, 6) is 0.347. The van der Waals surface area contributed by atoms with E-state index in [1.807, 2.05) is 0 Å². The predicted molar refractivity (Wildman–Crippen MR) is 57.0 cm³/mol. The summed E-state index contributed by atoms with van der Waals surface area (Å²) >= 11 is 0. The Labute approximate surface area is 80.7 Å². The van der Waals surface area contributed by atoms with Gasteiger partial charge in [-0.3, -0.25) is 0 Å². The van der Waals surface area contributed by atoms with Crippen LogP contribution < -0.4 is 11.5 Å². The van der Waals surface area contributed by atoms with Crippen molar-refractivity contribution in [1.29, 1.82) is 0 Å². The number of hydrogen-bond donors (Lipinski definition) is 2. The lowest BCUT2D eigenvalue weighted by Gasteiger charge is -2.30. The van der Waals surface area contributed by atoms with E-state index in [4.69, 9.17) is 11.5 Å². The minimum Gasteiger partial charge on any atom is -0.402 e. The van der Waals surface area contributed by atoms with Crippen molar-refractivity contribution in [3.8, 4) is 0 Å². The van der Waals surface area contributed by atoms with E-state index in [9.17, 15) is 0 Å². The summed E-state index contributed by atoms with van der Waals surface area (Å²) in [7, 11) is 0. The second-order valence-corrected chi connectivity index (χ2v) is 3.75. The zero-order valence-corrected chi connectivity index (χ0v) is 8.80. The molecule has 0 fully saturated rings. The van der Waals surface area contributed by atoms with Gasteiger partial charge in [0.2, 0.25) is 0 Å². The van der Waals surface area contributed by atoms with Crippen LogP contribution in [-0.4, -0.2) is 6.04 Å². The summed E-state index contributed by atoms with van der Waals surface area (Å²) in [5, 5.41) is 0. The van der Waals surface area contributed by atoms with Crippen molar-refractivity contribution in [2.24, 2.45) is 17.4 Å². The molecule has 2 heteroatoms. The highest BCUT2D eigenvalue weighted by Crippen LogP contribution is 2.29. The Hall–Kier alpha value is -0.760. The summed E-state index contributed by atoms with van der Waals surface area (Å²) in [5.41, 5.74) is 15.6. The van der Waals surface area contributed by atoms with Crippen molar-refractivity contribution in [1.82, 2.24) is 0 Å². The molecule has 0 amide bonds. The van der Waals surface area contributed by atoms with Crippen molar-refractivity contribution in [2.45, 2.75) is 39.7 Å². The molecule has 13 heavy (non-hydrogen) atoms. The van der Waals surface area contributed by atoms with Crippen molar-refractivity contribution in [2.75, 3.05) is 0 Å². The first-order chi connectivity index (χ1) is 6.11. The van der Waals surface area contributed by atoms with Crippen molar-refractivity contribution >= 4 is 0 Å². The maximum Gasteiger partial charge on any atom is 0.0340 e. The molecule has 0 aliphatic heterocycles. The van der Waals surface area contributed by atoms with Gasteiger partial charge in [-0.05, 0) is 25.3 Å². The third kappa shape index (κ3) is 1.78. The van der Waals surface area contributed by atoms with Crippen LogP contribution in [0.1, 0.15) is 33.6 Å². The first kappa shape index (κ1) is 10.3. The van der Waals surface area contributed by atoms with Gasteiger partial charge in [0.05, 0.1) is 0 Å². The Morgan fingerprint density at radius 1 is 1.38 bits per heavy atom. The molecular weight excluding hydrogens is 160 g/mol. The normalized spacial score (nSPS) is 29.1. The van der Waals surface area contributed by atoms with Gasteiger partial charge in [-0.1, -0.05) is 25.5 Å². The first-order valence-electron chi connectivity index (χ1n) is 5.04. The Kier molecular flexibility index (Phi) is 3.15. The Bertz CT molecular complexity index is 251. The topological polar surface area (TPSA) is 52.0 Å². The van der Waals surface area contributed by atoms with Crippen LogP contribution in [0.25, 0.3) is 0 Å². The average Bonchev–Trinajstić information content (AvgIpc) is 2.12. The van der Waals surface area contributed by atoms with Crippen molar-refractivity contribution in [3.63, 3.8) is 0 Å². The fourth-order valence-corrected chi connectivity index (χ4v) is 2.01. The molecule has 74 valence electrons. The minimum atomic E-state index is 0.138. The van der Waals surface area contributed by atoms with E-state index in [0.717, 1.165) is 18.5 Å². The van der Waals surface area contributed by atoms with Crippen molar-refractivity contribution < 1.29 is 0 Å². The number of rotatable bonds is 2. The van der Waals surface area contributed by atoms with E-state index in [0.29, 0.717) is 5.92 Å². The van der Waals surface area contributed by atoms with E-state index in [1.54, 1.807) is 0 Å². The fraction of sp³-hybridized carbons (Fsp3) is 0.636. The Morgan fingerprint density at radius 3 is 2.46 bits per heavy atom. The smallest absolute Gasteiger partial charge is 0.0340 e. The molecule has 0 spiro atoms. The average molecular weight is 180 g/mol. The van der Waals surface area contributed by atoms with E-state index in [2.05, 4.69) is 26.8 Å². The molecule has 1 aliphatic rings. The molecule has 0 aromatic heterocycles. The van der Waals surface area contributed by atoms with Gasteiger partial charge >= 0.3 is 0 Å². The molecule has 4 N–H and O–H groups in total. The summed E-state index contributed by atoms with van der Waals surface area (Å²) in [6, 6.07) is 0.138.